The summed E-state index contributed by atoms with van der Waals surface area (Å²) < 4.78 is 6.70. The normalized spacial score (nSPS) is 13.1. The van der Waals surface area contributed by atoms with Gasteiger partial charge in [0.25, 0.3) is 0 Å². The van der Waals surface area contributed by atoms with E-state index in [4.69, 9.17) is 14.7 Å². The molecule has 4 nitrogen and oxygen atoms in total. The van der Waals surface area contributed by atoms with Crippen LogP contribution in [-0.4, -0.2) is 9.97 Å². The van der Waals surface area contributed by atoms with Crippen molar-refractivity contribution in [1.29, 1.82) is 5.26 Å². The van der Waals surface area contributed by atoms with Crippen LogP contribution in [0.3, 0.4) is 0 Å². The first-order valence-electron chi connectivity index (χ1n) is 16.2. The summed E-state index contributed by atoms with van der Waals surface area (Å²) in [4.78, 5) is 10.6. The maximum Gasteiger partial charge on any atom is 0.161 e. The maximum absolute atomic E-state index is 9.98. The minimum atomic E-state index is -0.371. The van der Waals surface area contributed by atoms with Crippen molar-refractivity contribution in [3.63, 3.8) is 0 Å². The third kappa shape index (κ3) is 4.15. The van der Waals surface area contributed by atoms with Crippen molar-refractivity contribution < 1.29 is 4.74 Å². The largest absolute Gasteiger partial charge is 0.455 e. The van der Waals surface area contributed by atoms with E-state index in [1.54, 1.807) is 0 Å². The maximum atomic E-state index is 9.98. The molecule has 0 bridgehead atoms. The number of aromatic nitrogens is 2. The van der Waals surface area contributed by atoms with Crippen molar-refractivity contribution in [2.45, 2.75) is 19.3 Å². The third-order valence-corrected chi connectivity index (χ3v) is 9.79. The lowest BCUT2D eigenvalue weighted by Gasteiger charge is -2.36. The predicted octanol–water partition coefficient (Wildman–Crippen LogP) is 11.2. The van der Waals surface area contributed by atoms with Gasteiger partial charge in [-0.15, -0.1) is 0 Å². The zero-order valence-corrected chi connectivity index (χ0v) is 26.5. The SMILES string of the molecule is CC1(C)c2cccc(C#N)c2Oc2c(-c3ccccc3-c3nc(-c4cc5ccccc5c5ccccc45)c4ccccc4n3)cccc21. The van der Waals surface area contributed by atoms with E-state index in [-0.39, 0.29) is 5.41 Å². The Balaban J connectivity index is 1.29. The van der Waals surface area contributed by atoms with E-state index in [1.165, 1.54) is 16.2 Å². The average molecular weight is 616 g/mol. The first-order chi connectivity index (χ1) is 23.5. The first-order valence-corrected chi connectivity index (χ1v) is 16.2. The van der Waals surface area contributed by atoms with E-state index in [0.29, 0.717) is 17.1 Å². The molecule has 0 saturated heterocycles. The predicted molar refractivity (Wildman–Crippen MR) is 194 cm³/mol. The van der Waals surface area contributed by atoms with E-state index in [0.717, 1.165) is 61.1 Å². The lowest BCUT2D eigenvalue weighted by atomic mass is 9.74. The van der Waals surface area contributed by atoms with E-state index >= 15 is 0 Å². The van der Waals surface area contributed by atoms with Gasteiger partial charge in [0.1, 0.15) is 17.6 Å². The number of nitrogens with zero attached hydrogens (tertiary/aromatic N) is 3. The van der Waals surface area contributed by atoms with Crippen LogP contribution in [0.1, 0.15) is 30.5 Å². The lowest BCUT2D eigenvalue weighted by Crippen LogP contribution is -2.25. The van der Waals surface area contributed by atoms with Crippen LogP contribution >= 0.6 is 0 Å². The van der Waals surface area contributed by atoms with E-state index in [9.17, 15) is 5.26 Å². The molecule has 0 radical (unpaired) electrons. The molecule has 226 valence electrons. The monoisotopic (exact) mass is 615 g/mol. The summed E-state index contributed by atoms with van der Waals surface area (Å²) in [6.45, 7) is 4.38. The number of ether oxygens (including phenoxy) is 1. The highest BCUT2D eigenvalue weighted by molar-refractivity contribution is 6.15. The van der Waals surface area contributed by atoms with E-state index < -0.39 is 0 Å². The fourth-order valence-corrected chi connectivity index (χ4v) is 7.39. The molecule has 1 aliphatic heterocycles. The molecule has 48 heavy (non-hydrogen) atoms. The van der Waals surface area contributed by atoms with Crippen LogP contribution in [0, 0.1) is 11.3 Å². The van der Waals surface area contributed by atoms with Gasteiger partial charge in [0, 0.05) is 38.6 Å². The van der Waals surface area contributed by atoms with E-state index in [2.05, 4.69) is 129 Å². The Hall–Kier alpha value is -6.31. The minimum absolute atomic E-state index is 0.371. The van der Waals surface area contributed by atoms with Gasteiger partial charge in [-0.25, -0.2) is 9.97 Å². The number of hydrogen-bond acceptors (Lipinski definition) is 4. The molecule has 0 N–H and O–H groups in total. The van der Waals surface area contributed by atoms with Crippen LogP contribution in [0.2, 0.25) is 0 Å². The van der Waals surface area contributed by atoms with Gasteiger partial charge in [0.2, 0.25) is 0 Å². The molecule has 0 unspecified atom stereocenters. The first kappa shape index (κ1) is 28.0. The van der Waals surface area contributed by atoms with Crippen LogP contribution in [0.5, 0.6) is 11.5 Å². The van der Waals surface area contributed by atoms with Gasteiger partial charge in [-0.3, -0.25) is 0 Å². The number of fused-ring (bicyclic) bond motifs is 6. The number of hydrogen-bond donors (Lipinski definition) is 0. The highest BCUT2D eigenvalue weighted by atomic mass is 16.5. The lowest BCUT2D eigenvalue weighted by molar-refractivity contribution is 0.418. The molecule has 0 saturated carbocycles. The van der Waals surface area contributed by atoms with Gasteiger partial charge >= 0.3 is 0 Å². The standard InChI is InChI=1S/C44H29N3O/c1-44(2)37-22-11-14-28(26-45)41(37)48-42-33(21-12-23-38(42)44)32-18-7-8-19-34(32)43-46-39-24-10-9-20-35(39)40(47-43)36-25-27-13-3-4-15-29(27)30-16-5-6-17-31(30)36/h3-25H,1-2H3. The van der Waals surface area contributed by atoms with Crippen LogP contribution < -0.4 is 4.74 Å². The molecular formula is C44H29N3O. The van der Waals surface area contributed by atoms with Crippen LogP contribution in [0.4, 0.5) is 0 Å². The van der Waals surface area contributed by atoms with Crippen molar-refractivity contribution in [1.82, 2.24) is 9.97 Å². The fourth-order valence-electron chi connectivity index (χ4n) is 7.39. The summed E-state index contributed by atoms with van der Waals surface area (Å²) >= 11 is 0. The van der Waals surface area contributed by atoms with Crippen LogP contribution in [0.15, 0.2) is 140 Å². The molecule has 0 fully saturated rings. The molecule has 7 aromatic carbocycles. The summed E-state index contributed by atoms with van der Waals surface area (Å²) in [5.41, 5.74) is 7.89. The molecule has 2 heterocycles. The molecule has 0 spiro atoms. The second-order valence-electron chi connectivity index (χ2n) is 12.9. The molecule has 8 aromatic rings. The van der Waals surface area contributed by atoms with Gasteiger partial charge in [0.15, 0.2) is 5.82 Å². The summed E-state index contributed by atoms with van der Waals surface area (Å²) in [5, 5.41) is 15.7. The fraction of sp³-hybridized carbons (Fsp3) is 0.0682. The molecule has 0 atom stereocenters. The van der Waals surface area contributed by atoms with Gasteiger partial charge in [0.05, 0.1) is 16.8 Å². The molecule has 9 rings (SSSR count). The summed E-state index contributed by atoms with van der Waals surface area (Å²) in [6, 6.07) is 50.3. The molecule has 4 heteroatoms. The smallest absolute Gasteiger partial charge is 0.161 e. The van der Waals surface area contributed by atoms with Gasteiger partial charge in [-0.05, 0) is 45.3 Å². The van der Waals surface area contributed by atoms with Crippen molar-refractivity contribution in [2.75, 3.05) is 0 Å². The van der Waals surface area contributed by atoms with Crippen LogP contribution in [-0.2, 0) is 5.41 Å². The number of benzene rings is 7. The van der Waals surface area contributed by atoms with Crippen molar-refractivity contribution >= 4 is 32.4 Å². The van der Waals surface area contributed by atoms with Gasteiger partial charge in [-0.2, -0.15) is 5.26 Å². The highest BCUT2D eigenvalue weighted by Crippen LogP contribution is 2.53. The second kappa shape index (κ2) is 10.6. The number of nitriles is 1. The van der Waals surface area contributed by atoms with Crippen LogP contribution in [0.25, 0.3) is 66.2 Å². The summed E-state index contributed by atoms with van der Waals surface area (Å²) in [6.07, 6.45) is 0. The molecule has 1 aromatic heterocycles. The zero-order chi connectivity index (χ0) is 32.4. The Morgan fingerprint density at radius 2 is 1.17 bits per heavy atom. The van der Waals surface area contributed by atoms with Gasteiger partial charge in [-0.1, -0.05) is 135 Å². The summed E-state index contributed by atoms with van der Waals surface area (Å²) in [7, 11) is 0. The second-order valence-corrected chi connectivity index (χ2v) is 12.9. The topological polar surface area (TPSA) is 58.8 Å². The third-order valence-electron chi connectivity index (χ3n) is 9.79. The number of rotatable bonds is 3. The molecule has 0 aliphatic carbocycles. The van der Waals surface area contributed by atoms with Crippen molar-refractivity contribution in [2.24, 2.45) is 0 Å². The molecule has 1 aliphatic rings. The minimum Gasteiger partial charge on any atom is -0.455 e. The quantitative estimate of drug-likeness (QED) is 0.186. The molecule has 0 amide bonds. The summed E-state index contributed by atoms with van der Waals surface area (Å²) in [5.74, 6) is 2.02. The Labute approximate surface area is 278 Å². The van der Waals surface area contributed by atoms with Gasteiger partial charge < -0.3 is 4.74 Å². The molecular weight excluding hydrogens is 587 g/mol. The Kier molecular flexibility index (Phi) is 6.19. The highest BCUT2D eigenvalue weighted by Gasteiger charge is 2.37. The number of para-hydroxylation sites is 3. The zero-order valence-electron chi connectivity index (χ0n) is 26.5. The average Bonchev–Trinajstić information content (AvgIpc) is 3.14. The Bertz CT molecular complexity index is 2650. The van der Waals surface area contributed by atoms with Crippen molar-refractivity contribution in [3.8, 4) is 51.3 Å². The van der Waals surface area contributed by atoms with Crippen molar-refractivity contribution in [3.05, 3.63) is 156 Å². The Morgan fingerprint density at radius 1 is 0.542 bits per heavy atom. The van der Waals surface area contributed by atoms with E-state index in [1.807, 2.05) is 30.3 Å². The Morgan fingerprint density at radius 3 is 1.98 bits per heavy atom.